The van der Waals surface area contributed by atoms with Crippen LogP contribution >= 0.6 is 0 Å². The van der Waals surface area contributed by atoms with Gasteiger partial charge in [0.1, 0.15) is 24.0 Å². The van der Waals surface area contributed by atoms with Crippen LogP contribution < -0.4 is 15.6 Å². The molecule has 28 heavy (non-hydrogen) atoms. The summed E-state index contributed by atoms with van der Waals surface area (Å²) >= 11 is 0. The van der Waals surface area contributed by atoms with Crippen molar-refractivity contribution in [2.45, 2.75) is 0 Å². The van der Waals surface area contributed by atoms with Crippen LogP contribution in [-0.4, -0.2) is 34.2 Å². The van der Waals surface area contributed by atoms with Crippen LogP contribution in [0.25, 0.3) is 11.4 Å². The number of aromatic nitrogens is 2. The minimum atomic E-state index is -1.09. The summed E-state index contributed by atoms with van der Waals surface area (Å²) < 4.78 is 30.9. The van der Waals surface area contributed by atoms with Gasteiger partial charge in [0.2, 0.25) is 0 Å². The van der Waals surface area contributed by atoms with Crippen LogP contribution in [0.5, 0.6) is 5.75 Å². The number of ether oxygens (including phenoxy) is 1. The summed E-state index contributed by atoms with van der Waals surface area (Å²) in [6.07, 6.45) is 2.38. The van der Waals surface area contributed by atoms with Crippen molar-refractivity contribution < 1.29 is 23.4 Å². The highest BCUT2D eigenvalue weighted by molar-refractivity contribution is 5.86. The molecule has 0 amide bonds. The van der Waals surface area contributed by atoms with E-state index in [-0.39, 0.29) is 17.2 Å². The lowest BCUT2D eigenvalue weighted by molar-refractivity contribution is 0.0696. The van der Waals surface area contributed by atoms with Crippen LogP contribution in [0.1, 0.15) is 10.4 Å². The molecule has 9 heteroatoms. The van der Waals surface area contributed by atoms with Gasteiger partial charge < -0.3 is 14.9 Å². The third-order valence-corrected chi connectivity index (χ3v) is 3.80. The van der Waals surface area contributed by atoms with E-state index in [0.29, 0.717) is 36.0 Å². The maximum atomic E-state index is 12.9. The molecule has 0 unspecified atom stereocenters. The average molecular weight is 386 g/mol. The van der Waals surface area contributed by atoms with Crippen LogP contribution in [0.3, 0.4) is 0 Å². The van der Waals surface area contributed by atoms with Crippen molar-refractivity contribution in [1.29, 1.82) is 0 Å². The monoisotopic (exact) mass is 386 g/mol. The molecule has 0 saturated carbocycles. The summed E-state index contributed by atoms with van der Waals surface area (Å²) in [6, 6.07) is 10.1. The zero-order valence-corrected chi connectivity index (χ0v) is 14.5. The van der Waals surface area contributed by atoms with E-state index in [1.165, 1.54) is 41.7 Å². The van der Waals surface area contributed by atoms with E-state index in [2.05, 4.69) is 9.97 Å². The lowest BCUT2D eigenvalue weighted by Crippen LogP contribution is -2.38. The third kappa shape index (κ3) is 4.57. The highest BCUT2D eigenvalue weighted by atomic mass is 19.1. The molecule has 0 bridgehead atoms. The summed E-state index contributed by atoms with van der Waals surface area (Å²) in [5, 5.41) is 10.1. The first-order valence-electron chi connectivity index (χ1n) is 8.20. The van der Waals surface area contributed by atoms with Gasteiger partial charge in [0.25, 0.3) is 0 Å². The Morgan fingerprint density at radius 3 is 2.50 bits per heavy atom. The van der Waals surface area contributed by atoms with E-state index >= 15 is 0 Å². The summed E-state index contributed by atoms with van der Waals surface area (Å²) in [4.78, 5) is 18.3. The average Bonchev–Trinajstić information content (AvgIpc) is 2.69. The van der Waals surface area contributed by atoms with Crippen molar-refractivity contribution in [1.82, 2.24) is 9.97 Å². The molecular formula is C19H16F2N4O3. The Balaban J connectivity index is 0.000000167. The number of hydrogen-bond donors (Lipinski definition) is 2. The number of carbonyl (C=O) groups is 1. The number of fused-ring (bicyclic) bond motifs is 1. The molecule has 3 aromatic rings. The molecule has 0 aliphatic carbocycles. The lowest BCUT2D eigenvalue weighted by Gasteiger charge is -2.26. The van der Waals surface area contributed by atoms with Crippen molar-refractivity contribution in [2.75, 3.05) is 18.2 Å². The largest absolute Gasteiger partial charge is 0.489 e. The first-order valence-corrected chi connectivity index (χ1v) is 8.20. The Kier molecular flexibility index (Phi) is 5.75. The number of hydrazine groups is 1. The molecule has 0 atom stereocenters. The van der Waals surface area contributed by atoms with Gasteiger partial charge in [0.05, 0.1) is 17.8 Å². The van der Waals surface area contributed by atoms with E-state index in [4.69, 9.17) is 15.7 Å². The predicted octanol–water partition coefficient (Wildman–Crippen LogP) is 2.88. The van der Waals surface area contributed by atoms with Crippen LogP contribution in [-0.2, 0) is 0 Å². The van der Waals surface area contributed by atoms with Crippen molar-refractivity contribution in [3.8, 4) is 17.1 Å². The second-order valence-corrected chi connectivity index (χ2v) is 5.76. The maximum Gasteiger partial charge on any atom is 0.338 e. The molecule has 0 radical (unpaired) electrons. The van der Waals surface area contributed by atoms with Gasteiger partial charge in [-0.05, 0) is 24.3 Å². The highest BCUT2D eigenvalue weighted by Crippen LogP contribution is 2.29. The molecule has 1 aliphatic rings. The molecule has 0 spiro atoms. The molecule has 3 N–H and O–H groups in total. The quantitative estimate of drug-likeness (QED) is 0.653. The molecule has 7 nitrogen and oxygen atoms in total. The summed E-state index contributed by atoms with van der Waals surface area (Å²) in [6.45, 7) is 1.14. The molecule has 2 heterocycles. The van der Waals surface area contributed by atoms with Gasteiger partial charge in [-0.3, -0.25) is 0 Å². The Morgan fingerprint density at radius 1 is 1.11 bits per heavy atom. The van der Waals surface area contributed by atoms with Gasteiger partial charge in [-0.1, -0.05) is 12.1 Å². The topological polar surface area (TPSA) is 102 Å². The standard InChI is InChI=1S/C11H7FN2O2.C8H9FN2O/c12-9-3-1-2-7(4-9)10-13-5-8(6-14-10)11(15)16;9-6-1-2-8-7(5-6)11(10)3-4-12-8/h1-6H,(H,15,16);1-2,5H,3-4,10H2. The molecule has 4 rings (SSSR count). The van der Waals surface area contributed by atoms with Crippen LogP contribution in [0, 0.1) is 11.6 Å². The number of carboxylic acids is 1. The van der Waals surface area contributed by atoms with Crippen molar-refractivity contribution in [3.63, 3.8) is 0 Å². The van der Waals surface area contributed by atoms with E-state index in [9.17, 15) is 13.6 Å². The molecule has 1 aliphatic heterocycles. The molecular weight excluding hydrogens is 370 g/mol. The van der Waals surface area contributed by atoms with Gasteiger partial charge in [-0.15, -0.1) is 0 Å². The third-order valence-electron chi connectivity index (χ3n) is 3.80. The lowest BCUT2D eigenvalue weighted by atomic mass is 10.2. The number of halogens is 2. The van der Waals surface area contributed by atoms with Gasteiger partial charge in [-0.25, -0.2) is 29.4 Å². The van der Waals surface area contributed by atoms with Crippen molar-refractivity contribution in [2.24, 2.45) is 5.84 Å². The Labute approximate surface area is 159 Å². The fraction of sp³-hybridized carbons (Fsp3) is 0.105. The summed E-state index contributed by atoms with van der Waals surface area (Å²) in [7, 11) is 0. The number of carboxylic acid groups (broad SMARTS) is 1. The minimum absolute atomic E-state index is 0.000142. The first kappa shape index (κ1) is 19.2. The number of nitrogens with zero attached hydrogens (tertiary/aromatic N) is 3. The van der Waals surface area contributed by atoms with E-state index in [1.807, 2.05) is 0 Å². The first-order chi connectivity index (χ1) is 13.4. The normalized spacial score (nSPS) is 12.3. The summed E-state index contributed by atoms with van der Waals surface area (Å²) in [5.41, 5.74) is 1.12. The van der Waals surface area contributed by atoms with Gasteiger partial charge >= 0.3 is 5.97 Å². The van der Waals surface area contributed by atoms with E-state index < -0.39 is 5.97 Å². The molecule has 144 valence electrons. The summed E-state index contributed by atoms with van der Waals surface area (Å²) in [5.74, 6) is 4.77. The molecule has 1 aromatic heterocycles. The number of nitrogens with two attached hydrogens (primary N) is 1. The predicted molar refractivity (Wildman–Crippen MR) is 97.8 cm³/mol. The number of anilines is 1. The number of rotatable bonds is 2. The molecule has 0 saturated heterocycles. The SMILES string of the molecule is NN1CCOc2ccc(F)cc21.O=C(O)c1cnc(-c2cccc(F)c2)nc1. The zero-order valence-electron chi connectivity index (χ0n) is 14.5. The number of benzene rings is 2. The van der Waals surface area contributed by atoms with Crippen molar-refractivity contribution in [3.05, 3.63) is 72.1 Å². The minimum Gasteiger partial charge on any atom is -0.489 e. The smallest absolute Gasteiger partial charge is 0.338 e. The Hall–Kier alpha value is -3.59. The van der Waals surface area contributed by atoms with Gasteiger partial charge in [-0.2, -0.15) is 0 Å². The van der Waals surface area contributed by atoms with E-state index in [1.54, 1.807) is 18.2 Å². The molecule has 2 aromatic carbocycles. The van der Waals surface area contributed by atoms with Gasteiger partial charge in [0, 0.05) is 24.0 Å². The molecule has 0 fully saturated rings. The van der Waals surface area contributed by atoms with Crippen LogP contribution in [0.15, 0.2) is 54.9 Å². The van der Waals surface area contributed by atoms with Gasteiger partial charge in [0.15, 0.2) is 5.82 Å². The fourth-order valence-electron chi connectivity index (χ4n) is 2.43. The Bertz CT molecular complexity index is 983. The number of hydrogen-bond acceptors (Lipinski definition) is 6. The van der Waals surface area contributed by atoms with Crippen LogP contribution in [0.4, 0.5) is 14.5 Å². The van der Waals surface area contributed by atoms with E-state index in [0.717, 1.165) is 0 Å². The van der Waals surface area contributed by atoms with Crippen molar-refractivity contribution >= 4 is 11.7 Å². The second kappa shape index (κ2) is 8.40. The van der Waals surface area contributed by atoms with Crippen LogP contribution in [0.2, 0.25) is 0 Å². The maximum absolute atomic E-state index is 12.9. The fourth-order valence-corrected chi connectivity index (χ4v) is 2.43. The zero-order chi connectivity index (χ0) is 20.1. The number of aromatic carboxylic acids is 1. The second-order valence-electron chi connectivity index (χ2n) is 5.76. The Morgan fingerprint density at radius 2 is 1.82 bits per heavy atom. The highest BCUT2D eigenvalue weighted by Gasteiger charge is 2.15.